The number of fused-ring (bicyclic) bond motifs is 2. The van der Waals surface area contributed by atoms with Crippen LogP contribution in [0.1, 0.15) is 18.4 Å². The Bertz CT molecular complexity index is 1050. The molecule has 2 nitrogen and oxygen atoms in total. The normalized spacial score (nSPS) is 15.2. The lowest BCUT2D eigenvalue weighted by molar-refractivity contribution is 0.344. The molecular formula is C24H24N2. The number of nitrogens with one attached hydrogen (secondary N) is 1. The Hall–Kier alpha value is -2.58. The zero-order valence-electron chi connectivity index (χ0n) is 15.0. The van der Waals surface area contributed by atoms with Crippen molar-refractivity contribution in [2.75, 3.05) is 19.6 Å². The number of benzene rings is 3. The molecule has 1 aliphatic heterocycles. The number of para-hydroxylation sites is 1. The van der Waals surface area contributed by atoms with Crippen molar-refractivity contribution in [2.45, 2.75) is 19.3 Å². The van der Waals surface area contributed by atoms with Gasteiger partial charge in [-0.1, -0.05) is 54.6 Å². The second-order valence-electron chi connectivity index (χ2n) is 7.38. The molecule has 0 aliphatic carbocycles. The van der Waals surface area contributed by atoms with Gasteiger partial charge >= 0.3 is 0 Å². The van der Waals surface area contributed by atoms with Gasteiger partial charge < -0.3 is 9.88 Å². The highest BCUT2D eigenvalue weighted by molar-refractivity contribution is 5.93. The lowest BCUT2D eigenvalue weighted by Gasteiger charge is -2.15. The lowest BCUT2D eigenvalue weighted by Crippen LogP contribution is -2.22. The molecule has 4 aromatic rings. The van der Waals surface area contributed by atoms with Crippen LogP contribution in [0.2, 0.25) is 0 Å². The van der Waals surface area contributed by atoms with E-state index in [0.29, 0.717) is 0 Å². The monoisotopic (exact) mass is 340 g/mol. The van der Waals surface area contributed by atoms with Crippen LogP contribution in [0.5, 0.6) is 0 Å². The van der Waals surface area contributed by atoms with Crippen molar-refractivity contribution in [3.8, 4) is 11.3 Å². The van der Waals surface area contributed by atoms with Gasteiger partial charge in [-0.05, 0) is 66.4 Å². The van der Waals surface area contributed by atoms with Gasteiger partial charge in [0.25, 0.3) is 0 Å². The molecule has 3 aromatic carbocycles. The summed E-state index contributed by atoms with van der Waals surface area (Å²) >= 11 is 0. The highest BCUT2D eigenvalue weighted by Gasteiger charge is 2.16. The molecule has 1 fully saturated rings. The predicted molar refractivity (Wildman–Crippen MR) is 111 cm³/mol. The van der Waals surface area contributed by atoms with E-state index in [1.54, 1.807) is 0 Å². The first kappa shape index (κ1) is 15.7. The Morgan fingerprint density at radius 1 is 0.808 bits per heavy atom. The number of H-pyrrole nitrogens is 1. The average molecular weight is 340 g/mol. The predicted octanol–water partition coefficient (Wildman–Crippen LogP) is 5.63. The first-order valence-corrected chi connectivity index (χ1v) is 9.69. The quantitative estimate of drug-likeness (QED) is 0.510. The average Bonchev–Trinajstić information content (AvgIpc) is 3.33. The molecule has 1 aliphatic rings. The van der Waals surface area contributed by atoms with Gasteiger partial charge in [0.05, 0.1) is 0 Å². The van der Waals surface area contributed by atoms with E-state index >= 15 is 0 Å². The van der Waals surface area contributed by atoms with Gasteiger partial charge in [0.15, 0.2) is 0 Å². The molecule has 0 saturated carbocycles. The minimum Gasteiger partial charge on any atom is -0.354 e. The standard InChI is InChI=1S/C24H24N2/c1-2-8-19-17-20(12-11-18(19)7-1)24-22(13-16-26-14-5-6-15-26)21-9-3-4-10-23(21)25-24/h1-4,7-12,17,25H,5-6,13-16H2. The van der Waals surface area contributed by atoms with Crippen molar-refractivity contribution in [3.63, 3.8) is 0 Å². The molecule has 5 rings (SSSR count). The van der Waals surface area contributed by atoms with Crippen LogP contribution in [0.25, 0.3) is 32.9 Å². The lowest BCUT2D eigenvalue weighted by atomic mass is 10.00. The number of rotatable bonds is 4. The molecule has 1 N–H and O–H groups in total. The Balaban J connectivity index is 1.59. The number of hydrogen-bond acceptors (Lipinski definition) is 1. The fourth-order valence-corrected chi connectivity index (χ4v) is 4.33. The van der Waals surface area contributed by atoms with Crippen molar-refractivity contribution < 1.29 is 0 Å². The Labute approximate surface area is 154 Å². The van der Waals surface area contributed by atoms with Crippen LogP contribution >= 0.6 is 0 Å². The van der Waals surface area contributed by atoms with Crippen LogP contribution in [0.15, 0.2) is 66.7 Å². The van der Waals surface area contributed by atoms with E-state index in [9.17, 15) is 0 Å². The summed E-state index contributed by atoms with van der Waals surface area (Å²) in [6.45, 7) is 3.67. The SMILES string of the molecule is c1ccc2cc(-c3[nH]c4ccccc4c3CCN3CCCC3)ccc2c1. The maximum absolute atomic E-state index is 3.70. The Morgan fingerprint density at radius 3 is 2.46 bits per heavy atom. The van der Waals surface area contributed by atoms with E-state index in [1.807, 2.05) is 0 Å². The van der Waals surface area contributed by atoms with Gasteiger partial charge in [-0.2, -0.15) is 0 Å². The van der Waals surface area contributed by atoms with Gasteiger partial charge in [-0.3, -0.25) is 0 Å². The molecule has 0 bridgehead atoms. The van der Waals surface area contributed by atoms with Gasteiger partial charge in [0.2, 0.25) is 0 Å². The zero-order chi connectivity index (χ0) is 17.3. The van der Waals surface area contributed by atoms with Crippen molar-refractivity contribution in [2.24, 2.45) is 0 Å². The first-order chi connectivity index (χ1) is 12.9. The van der Waals surface area contributed by atoms with E-state index < -0.39 is 0 Å². The number of nitrogens with zero attached hydrogens (tertiary/aromatic N) is 1. The van der Waals surface area contributed by atoms with Crippen molar-refractivity contribution in [3.05, 3.63) is 72.3 Å². The summed E-state index contributed by atoms with van der Waals surface area (Å²) in [5, 5.41) is 3.97. The van der Waals surface area contributed by atoms with Crippen LogP contribution in [-0.2, 0) is 6.42 Å². The maximum atomic E-state index is 3.70. The highest BCUT2D eigenvalue weighted by atomic mass is 15.1. The third kappa shape index (κ3) is 2.81. The number of aromatic amines is 1. The number of hydrogen-bond donors (Lipinski definition) is 1. The fourth-order valence-electron chi connectivity index (χ4n) is 4.33. The van der Waals surface area contributed by atoms with Crippen molar-refractivity contribution >= 4 is 21.7 Å². The van der Waals surface area contributed by atoms with E-state index in [2.05, 4.69) is 76.6 Å². The maximum Gasteiger partial charge on any atom is 0.0498 e. The largest absolute Gasteiger partial charge is 0.354 e. The molecule has 26 heavy (non-hydrogen) atoms. The topological polar surface area (TPSA) is 19.0 Å². The van der Waals surface area contributed by atoms with Gasteiger partial charge in [-0.25, -0.2) is 0 Å². The van der Waals surface area contributed by atoms with Crippen LogP contribution in [0.4, 0.5) is 0 Å². The molecule has 0 atom stereocenters. The fraction of sp³-hybridized carbons (Fsp3) is 0.250. The zero-order valence-corrected chi connectivity index (χ0v) is 15.0. The molecule has 130 valence electrons. The highest BCUT2D eigenvalue weighted by Crippen LogP contribution is 2.32. The van der Waals surface area contributed by atoms with Crippen LogP contribution in [0.3, 0.4) is 0 Å². The molecule has 1 saturated heterocycles. The molecule has 2 heteroatoms. The Kier molecular flexibility index (Phi) is 3.99. The minimum atomic E-state index is 1.10. The van der Waals surface area contributed by atoms with E-state index in [4.69, 9.17) is 0 Å². The van der Waals surface area contributed by atoms with Crippen molar-refractivity contribution in [1.82, 2.24) is 9.88 Å². The third-order valence-electron chi connectivity index (χ3n) is 5.73. The molecule has 1 aromatic heterocycles. The second kappa shape index (κ2) is 6.62. The van der Waals surface area contributed by atoms with E-state index in [1.165, 1.54) is 64.4 Å². The summed E-state index contributed by atoms with van der Waals surface area (Å²) in [5.74, 6) is 0. The van der Waals surface area contributed by atoms with Gasteiger partial charge in [0.1, 0.15) is 0 Å². The second-order valence-corrected chi connectivity index (χ2v) is 7.38. The molecule has 0 amide bonds. The van der Waals surface area contributed by atoms with Crippen LogP contribution in [-0.4, -0.2) is 29.5 Å². The number of aromatic nitrogens is 1. The summed E-state index contributed by atoms with van der Waals surface area (Å²) in [4.78, 5) is 6.31. The Morgan fingerprint density at radius 2 is 1.58 bits per heavy atom. The third-order valence-corrected chi connectivity index (χ3v) is 5.73. The molecule has 0 radical (unpaired) electrons. The van der Waals surface area contributed by atoms with E-state index in [0.717, 1.165) is 13.0 Å². The summed E-state index contributed by atoms with van der Waals surface area (Å²) in [7, 11) is 0. The van der Waals surface area contributed by atoms with Gasteiger partial charge in [0, 0.05) is 23.1 Å². The molecule has 0 unspecified atom stereocenters. The summed E-state index contributed by atoms with van der Waals surface area (Å²) in [6.07, 6.45) is 3.81. The first-order valence-electron chi connectivity index (χ1n) is 9.69. The summed E-state index contributed by atoms with van der Waals surface area (Å²) < 4.78 is 0. The summed E-state index contributed by atoms with van der Waals surface area (Å²) in [6, 6.07) is 24.1. The van der Waals surface area contributed by atoms with Crippen LogP contribution < -0.4 is 0 Å². The number of likely N-dealkylation sites (tertiary alicyclic amines) is 1. The molecule has 2 heterocycles. The van der Waals surface area contributed by atoms with Gasteiger partial charge in [-0.15, -0.1) is 0 Å². The minimum absolute atomic E-state index is 1.10. The molecular weight excluding hydrogens is 316 g/mol. The molecule has 0 spiro atoms. The summed E-state index contributed by atoms with van der Waals surface area (Å²) in [5.41, 5.74) is 5.28. The van der Waals surface area contributed by atoms with E-state index in [-0.39, 0.29) is 0 Å². The smallest absolute Gasteiger partial charge is 0.0498 e. The van der Waals surface area contributed by atoms with Crippen LogP contribution in [0, 0.1) is 0 Å². The van der Waals surface area contributed by atoms with Crippen molar-refractivity contribution in [1.29, 1.82) is 0 Å².